The third-order valence-electron chi connectivity index (χ3n) is 4.15. The topological polar surface area (TPSA) is 3.24 Å². The van der Waals surface area contributed by atoms with E-state index >= 15 is 0 Å². The molecule has 0 saturated carbocycles. The van der Waals surface area contributed by atoms with Gasteiger partial charge in [0.25, 0.3) is 0 Å². The molecule has 0 atom stereocenters. The Morgan fingerprint density at radius 2 is 1.72 bits per heavy atom. The SMILES string of the molecule is CCC1(CC)C(C)=C(c2ccc(Cl)cc2)SN1C. The first-order valence-corrected chi connectivity index (χ1v) is 7.59. The van der Waals surface area contributed by atoms with Gasteiger partial charge in [-0.05, 0) is 62.0 Å². The van der Waals surface area contributed by atoms with E-state index in [-0.39, 0.29) is 5.54 Å². The van der Waals surface area contributed by atoms with Crippen LogP contribution in [-0.4, -0.2) is 16.9 Å². The van der Waals surface area contributed by atoms with Gasteiger partial charge in [0.1, 0.15) is 0 Å². The minimum absolute atomic E-state index is 0.208. The lowest BCUT2D eigenvalue weighted by Crippen LogP contribution is -2.39. The van der Waals surface area contributed by atoms with Crippen molar-refractivity contribution in [1.29, 1.82) is 0 Å². The molecule has 1 nitrogen and oxygen atoms in total. The van der Waals surface area contributed by atoms with Crippen molar-refractivity contribution in [2.24, 2.45) is 0 Å². The van der Waals surface area contributed by atoms with E-state index in [1.165, 1.54) is 16.0 Å². The van der Waals surface area contributed by atoms with Crippen molar-refractivity contribution in [1.82, 2.24) is 4.31 Å². The van der Waals surface area contributed by atoms with Crippen LogP contribution in [0.15, 0.2) is 29.8 Å². The predicted molar refractivity (Wildman–Crippen MR) is 82.7 cm³/mol. The van der Waals surface area contributed by atoms with Crippen LogP contribution in [-0.2, 0) is 0 Å². The molecule has 0 saturated heterocycles. The fourth-order valence-corrected chi connectivity index (χ4v) is 4.37. The van der Waals surface area contributed by atoms with Gasteiger partial charge in [0, 0.05) is 9.93 Å². The summed E-state index contributed by atoms with van der Waals surface area (Å²) in [6, 6.07) is 8.16. The van der Waals surface area contributed by atoms with Crippen molar-refractivity contribution in [2.75, 3.05) is 7.05 Å². The van der Waals surface area contributed by atoms with Gasteiger partial charge in [0.2, 0.25) is 0 Å². The molecule has 3 heteroatoms. The molecule has 98 valence electrons. The Labute approximate surface area is 119 Å². The Morgan fingerprint density at radius 3 is 2.17 bits per heavy atom. The first-order valence-electron chi connectivity index (χ1n) is 6.44. The van der Waals surface area contributed by atoms with Crippen LogP contribution in [0.3, 0.4) is 0 Å². The average Bonchev–Trinajstić information content (AvgIpc) is 2.63. The van der Waals surface area contributed by atoms with E-state index in [4.69, 9.17) is 11.6 Å². The summed E-state index contributed by atoms with van der Waals surface area (Å²) < 4.78 is 2.41. The lowest BCUT2D eigenvalue weighted by atomic mass is 9.84. The summed E-state index contributed by atoms with van der Waals surface area (Å²) in [5.41, 5.74) is 2.97. The third kappa shape index (κ3) is 2.11. The molecule has 18 heavy (non-hydrogen) atoms. The third-order valence-corrected chi connectivity index (χ3v) is 5.75. The summed E-state index contributed by atoms with van der Waals surface area (Å²) in [7, 11) is 2.20. The molecule has 2 rings (SSSR count). The summed E-state index contributed by atoms with van der Waals surface area (Å²) in [6.45, 7) is 6.82. The van der Waals surface area contributed by atoms with Crippen LogP contribution in [0.1, 0.15) is 39.2 Å². The first kappa shape index (κ1) is 14.0. The Balaban J connectivity index is 2.45. The highest BCUT2D eigenvalue weighted by Crippen LogP contribution is 2.51. The predicted octanol–water partition coefficient (Wildman–Crippen LogP) is 5.22. The number of hydrogen-bond acceptors (Lipinski definition) is 2. The Hall–Kier alpha value is -0.440. The molecule has 0 aromatic heterocycles. The molecule has 1 aliphatic heterocycles. The van der Waals surface area contributed by atoms with Gasteiger partial charge in [-0.3, -0.25) is 0 Å². The minimum atomic E-state index is 0.208. The fourth-order valence-electron chi connectivity index (χ4n) is 2.84. The molecule has 0 spiro atoms. The largest absolute Gasteiger partial charge is 0.239 e. The molecule has 0 unspecified atom stereocenters. The highest BCUT2D eigenvalue weighted by atomic mass is 35.5. The zero-order valence-electron chi connectivity index (χ0n) is 11.5. The van der Waals surface area contributed by atoms with Crippen molar-refractivity contribution in [2.45, 2.75) is 39.2 Å². The molecule has 0 radical (unpaired) electrons. The molecule has 1 aliphatic rings. The minimum Gasteiger partial charge on any atom is -0.239 e. The molecule has 0 aliphatic carbocycles. The van der Waals surface area contributed by atoms with Crippen molar-refractivity contribution in [3.05, 3.63) is 40.4 Å². The standard InChI is InChI=1S/C15H20ClNS/c1-5-15(6-2)11(3)14(18-17(15)4)12-7-9-13(16)10-8-12/h7-10H,5-6H2,1-4H3. The van der Waals surface area contributed by atoms with Crippen LogP contribution >= 0.6 is 23.5 Å². The molecule has 0 N–H and O–H groups in total. The van der Waals surface area contributed by atoms with Crippen LogP contribution in [0.2, 0.25) is 5.02 Å². The van der Waals surface area contributed by atoms with Crippen molar-refractivity contribution in [3.8, 4) is 0 Å². The van der Waals surface area contributed by atoms with E-state index in [0.29, 0.717) is 0 Å². The van der Waals surface area contributed by atoms with Crippen LogP contribution in [0.5, 0.6) is 0 Å². The molecule has 1 aromatic rings. The maximum Gasteiger partial charge on any atom is 0.0528 e. The van der Waals surface area contributed by atoms with Gasteiger partial charge in [0.05, 0.1) is 5.54 Å². The fraction of sp³-hybridized carbons (Fsp3) is 0.467. The maximum atomic E-state index is 5.96. The maximum absolute atomic E-state index is 5.96. The van der Waals surface area contributed by atoms with E-state index in [1.54, 1.807) is 0 Å². The molecule has 1 aromatic carbocycles. The van der Waals surface area contributed by atoms with Crippen LogP contribution in [0.25, 0.3) is 4.91 Å². The number of benzene rings is 1. The zero-order valence-corrected chi connectivity index (χ0v) is 13.0. The normalized spacial score (nSPS) is 19.6. The van der Waals surface area contributed by atoms with Gasteiger partial charge in [-0.2, -0.15) is 0 Å². The zero-order chi connectivity index (χ0) is 13.3. The summed E-state index contributed by atoms with van der Waals surface area (Å²) in [6.07, 6.45) is 2.30. The highest BCUT2D eigenvalue weighted by Gasteiger charge is 2.41. The van der Waals surface area contributed by atoms with Gasteiger partial charge >= 0.3 is 0 Å². The van der Waals surface area contributed by atoms with E-state index in [1.807, 2.05) is 24.1 Å². The van der Waals surface area contributed by atoms with Crippen molar-refractivity contribution >= 4 is 28.5 Å². The number of nitrogens with zero attached hydrogens (tertiary/aromatic N) is 1. The number of likely N-dealkylation sites (N-methyl/N-ethyl adjacent to an activating group) is 1. The summed E-state index contributed by atoms with van der Waals surface area (Å²) in [4.78, 5) is 1.39. The second-order valence-corrected chi connectivity index (χ2v) is 6.36. The molecule has 0 bridgehead atoms. The van der Waals surface area contributed by atoms with Gasteiger partial charge in [-0.15, -0.1) is 0 Å². The van der Waals surface area contributed by atoms with Gasteiger partial charge in [-0.25, -0.2) is 4.31 Å². The van der Waals surface area contributed by atoms with Crippen LogP contribution < -0.4 is 0 Å². The quantitative estimate of drug-likeness (QED) is 0.699. The average molecular weight is 282 g/mol. The Morgan fingerprint density at radius 1 is 1.17 bits per heavy atom. The smallest absolute Gasteiger partial charge is 0.0528 e. The Kier molecular flexibility index (Phi) is 4.10. The summed E-state index contributed by atoms with van der Waals surface area (Å²) >= 11 is 7.82. The van der Waals surface area contributed by atoms with Gasteiger partial charge in [-0.1, -0.05) is 37.6 Å². The highest BCUT2D eigenvalue weighted by molar-refractivity contribution is 8.06. The number of halogens is 1. The second kappa shape index (κ2) is 5.28. The van der Waals surface area contributed by atoms with E-state index < -0.39 is 0 Å². The lowest BCUT2D eigenvalue weighted by Gasteiger charge is -2.35. The number of hydrogen-bond donors (Lipinski definition) is 0. The molecular weight excluding hydrogens is 262 g/mol. The van der Waals surface area contributed by atoms with Gasteiger partial charge < -0.3 is 0 Å². The van der Waals surface area contributed by atoms with Crippen LogP contribution in [0, 0.1) is 0 Å². The monoisotopic (exact) mass is 281 g/mol. The van der Waals surface area contributed by atoms with E-state index in [0.717, 1.165) is 17.9 Å². The second-order valence-electron chi connectivity index (χ2n) is 4.79. The van der Waals surface area contributed by atoms with Crippen molar-refractivity contribution < 1.29 is 0 Å². The summed E-state index contributed by atoms with van der Waals surface area (Å²) in [5.74, 6) is 0. The van der Waals surface area contributed by atoms with Gasteiger partial charge in [0.15, 0.2) is 0 Å². The molecular formula is C15H20ClNS. The number of rotatable bonds is 3. The molecule has 0 amide bonds. The molecule has 1 heterocycles. The van der Waals surface area contributed by atoms with E-state index in [9.17, 15) is 0 Å². The van der Waals surface area contributed by atoms with Crippen LogP contribution in [0.4, 0.5) is 0 Å². The van der Waals surface area contributed by atoms with E-state index in [2.05, 4.69) is 44.3 Å². The lowest BCUT2D eigenvalue weighted by molar-refractivity contribution is 0.274. The van der Waals surface area contributed by atoms with Crippen molar-refractivity contribution in [3.63, 3.8) is 0 Å². The Bertz CT molecular complexity index is 460. The first-order chi connectivity index (χ1) is 8.55. The summed E-state index contributed by atoms with van der Waals surface area (Å²) in [5, 5.41) is 0.797. The molecule has 0 fully saturated rings.